The fourth-order valence-electron chi connectivity index (χ4n) is 2.52. The van der Waals surface area contributed by atoms with Crippen molar-refractivity contribution >= 4 is 5.91 Å². The minimum absolute atomic E-state index is 0.00794. The third-order valence-corrected chi connectivity index (χ3v) is 3.59. The van der Waals surface area contributed by atoms with Crippen LogP contribution in [-0.4, -0.2) is 29.2 Å². The normalized spacial score (nSPS) is 28.5. The van der Waals surface area contributed by atoms with Crippen molar-refractivity contribution in [3.8, 4) is 0 Å². The Morgan fingerprint density at radius 2 is 2.12 bits per heavy atom. The summed E-state index contributed by atoms with van der Waals surface area (Å²) in [4.78, 5) is 12.0. The van der Waals surface area contributed by atoms with E-state index in [9.17, 15) is 9.90 Å². The average Bonchev–Trinajstić information content (AvgIpc) is 2.27. The van der Waals surface area contributed by atoms with Gasteiger partial charge in [0.15, 0.2) is 0 Å². The third-order valence-electron chi connectivity index (χ3n) is 3.59. The summed E-state index contributed by atoms with van der Waals surface area (Å²) in [6.07, 6.45) is 5.62. The molecule has 0 spiro atoms. The molecular weight excluding hydrogens is 216 g/mol. The van der Waals surface area contributed by atoms with E-state index in [0.717, 1.165) is 32.1 Å². The molecule has 4 nitrogen and oxygen atoms in total. The fraction of sp³-hybridized carbons (Fsp3) is 0.923. The van der Waals surface area contributed by atoms with Crippen molar-refractivity contribution in [3.05, 3.63) is 0 Å². The number of carbonyl (C=O) groups excluding carboxylic acids is 1. The molecule has 1 saturated carbocycles. The van der Waals surface area contributed by atoms with Crippen LogP contribution in [0.5, 0.6) is 0 Å². The lowest BCUT2D eigenvalue weighted by molar-refractivity contribution is -0.127. The second-order valence-electron chi connectivity index (χ2n) is 5.52. The maximum atomic E-state index is 12.0. The Morgan fingerprint density at radius 3 is 2.71 bits per heavy atom. The highest BCUT2D eigenvalue weighted by Crippen LogP contribution is 2.23. The SMILES string of the molecule is CCCC(C)(O)CNC(=O)C1CCCCC1N. The number of hydrogen-bond acceptors (Lipinski definition) is 3. The number of nitrogens with two attached hydrogens (primary N) is 1. The van der Waals surface area contributed by atoms with E-state index in [2.05, 4.69) is 5.32 Å². The molecule has 4 heteroatoms. The molecule has 1 amide bonds. The molecule has 0 aromatic carbocycles. The van der Waals surface area contributed by atoms with E-state index >= 15 is 0 Å². The zero-order valence-electron chi connectivity index (χ0n) is 11.0. The van der Waals surface area contributed by atoms with Crippen LogP contribution < -0.4 is 11.1 Å². The second kappa shape index (κ2) is 6.36. The molecule has 3 unspecified atom stereocenters. The molecule has 0 aliphatic heterocycles. The average molecular weight is 242 g/mol. The first-order valence-corrected chi connectivity index (χ1v) is 6.72. The van der Waals surface area contributed by atoms with Crippen LogP contribution in [0.2, 0.25) is 0 Å². The van der Waals surface area contributed by atoms with Gasteiger partial charge in [-0.3, -0.25) is 4.79 Å². The second-order valence-corrected chi connectivity index (χ2v) is 5.52. The molecule has 0 aromatic rings. The van der Waals surface area contributed by atoms with Crippen molar-refractivity contribution in [3.63, 3.8) is 0 Å². The zero-order valence-corrected chi connectivity index (χ0v) is 11.0. The van der Waals surface area contributed by atoms with Crippen LogP contribution in [-0.2, 0) is 4.79 Å². The summed E-state index contributed by atoms with van der Waals surface area (Å²) in [6, 6.07) is -0.0140. The van der Waals surface area contributed by atoms with Gasteiger partial charge in [-0.25, -0.2) is 0 Å². The Balaban J connectivity index is 2.38. The highest BCUT2D eigenvalue weighted by atomic mass is 16.3. The Kier molecular flexibility index (Phi) is 5.40. The first-order chi connectivity index (χ1) is 7.96. The van der Waals surface area contributed by atoms with Gasteiger partial charge in [0.2, 0.25) is 5.91 Å². The summed E-state index contributed by atoms with van der Waals surface area (Å²) in [6.45, 7) is 4.10. The molecule has 3 atom stereocenters. The maximum Gasteiger partial charge on any atom is 0.224 e. The summed E-state index contributed by atoms with van der Waals surface area (Å²) in [5, 5.41) is 12.8. The summed E-state index contributed by atoms with van der Waals surface area (Å²) >= 11 is 0. The van der Waals surface area contributed by atoms with Gasteiger partial charge in [-0.15, -0.1) is 0 Å². The number of nitrogens with one attached hydrogen (secondary N) is 1. The van der Waals surface area contributed by atoms with E-state index < -0.39 is 5.60 Å². The van der Waals surface area contributed by atoms with Gasteiger partial charge < -0.3 is 16.2 Å². The van der Waals surface area contributed by atoms with Crippen LogP contribution in [0.3, 0.4) is 0 Å². The molecule has 0 radical (unpaired) electrons. The van der Waals surface area contributed by atoms with Gasteiger partial charge in [0, 0.05) is 12.6 Å². The summed E-state index contributed by atoms with van der Waals surface area (Å²) in [5.41, 5.74) is 5.15. The molecule has 1 aliphatic rings. The summed E-state index contributed by atoms with van der Waals surface area (Å²) < 4.78 is 0. The van der Waals surface area contributed by atoms with Crippen LogP contribution in [0.1, 0.15) is 52.4 Å². The third kappa shape index (κ3) is 4.64. The Bertz CT molecular complexity index is 254. The first kappa shape index (κ1) is 14.5. The van der Waals surface area contributed by atoms with Gasteiger partial charge in [0.05, 0.1) is 11.5 Å². The lowest BCUT2D eigenvalue weighted by Crippen LogP contribution is -2.48. The summed E-state index contributed by atoms with van der Waals surface area (Å²) in [5.74, 6) is -0.0604. The Morgan fingerprint density at radius 1 is 1.47 bits per heavy atom. The molecule has 0 bridgehead atoms. The standard InChI is InChI=1S/C13H26N2O2/c1-3-8-13(2,17)9-15-12(16)10-6-4-5-7-11(10)14/h10-11,17H,3-9,14H2,1-2H3,(H,15,16). The van der Waals surface area contributed by atoms with Crippen molar-refractivity contribution in [2.45, 2.75) is 64.0 Å². The molecule has 0 heterocycles. The number of hydrogen-bond donors (Lipinski definition) is 3. The van der Waals surface area contributed by atoms with Crippen molar-refractivity contribution < 1.29 is 9.90 Å². The highest BCUT2D eigenvalue weighted by molar-refractivity contribution is 5.79. The van der Waals surface area contributed by atoms with Gasteiger partial charge in [-0.1, -0.05) is 26.2 Å². The van der Waals surface area contributed by atoms with Crippen molar-refractivity contribution in [2.24, 2.45) is 11.7 Å². The number of carbonyl (C=O) groups is 1. The molecule has 0 aromatic heterocycles. The van der Waals surface area contributed by atoms with Crippen molar-refractivity contribution in [1.82, 2.24) is 5.32 Å². The number of rotatable bonds is 5. The molecule has 0 saturated heterocycles. The molecule has 100 valence electrons. The predicted octanol–water partition coefficient (Wildman–Crippen LogP) is 1.17. The van der Waals surface area contributed by atoms with Crippen LogP contribution in [0.25, 0.3) is 0 Å². The van der Waals surface area contributed by atoms with E-state index in [4.69, 9.17) is 5.73 Å². The topological polar surface area (TPSA) is 75.3 Å². The lowest BCUT2D eigenvalue weighted by Gasteiger charge is -2.29. The zero-order chi connectivity index (χ0) is 12.9. The van der Waals surface area contributed by atoms with Gasteiger partial charge in [-0.05, 0) is 26.2 Å². The number of aliphatic hydroxyl groups is 1. The fourth-order valence-corrected chi connectivity index (χ4v) is 2.52. The Labute approximate surface area is 104 Å². The minimum Gasteiger partial charge on any atom is -0.388 e. The molecule has 1 fully saturated rings. The summed E-state index contributed by atoms with van der Waals surface area (Å²) in [7, 11) is 0. The smallest absolute Gasteiger partial charge is 0.224 e. The maximum absolute atomic E-state index is 12.0. The quantitative estimate of drug-likeness (QED) is 0.677. The van der Waals surface area contributed by atoms with E-state index in [1.54, 1.807) is 6.92 Å². The largest absolute Gasteiger partial charge is 0.388 e. The molecule has 17 heavy (non-hydrogen) atoms. The van der Waals surface area contributed by atoms with Gasteiger partial charge >= 0.3 is 0 Å². The van der Waals surface area contributed by atoms with E-state index in [-0.39, 0.29) is 17.9 Å². The van der Waals surface area contributed by atoms with Crippen LogP contribution in [0, 0.1) is 5.92 Å². The van der Waals surface area contributed by atoms with E-state index in [0.29, 0.717) is 13.0 Å². The van der Waals surface area contributed by atoms with Crippen molar-refractivity contribution in [1.29, 1.82) is 0 Å². The first-order valence-electron chi connectivity index (χ1n) is 6.72. The van der Waals surface area contributed by atoms with Gasteiger partial charge in [-0.2, -0.15) is 0 Å². The van der Waals surface area contributed by atoms with Crippen molar-refractivity contribution in [2.75, 3.05) is 6.54 Å². The highest BCUT2D eigenvalue weighted by Gasteiger charge is 2.29. The van der Waals surface area contributed by atoms with Gasteiger partial charge in [0.1, 0.15) is 0 Å². The molecule has 1 aliphatic carbocycles. The minimum atomic E-state index is -0.802. The Hall–Kier alpha value is -0.610. The predicted molar refractivity (Wildman–Crippen MR) is 68.5 cm³/mol. The van der Waals surface area contributed by atoms with Gasteiger partial charge in [0.25, 0.3) is 0 Å². The van der Waals surface area contributed by atoms with E-state index in [1.807, 2.05) is 6.92 Å². The number of amides is 1. The molecular formula is C13H26N2O2. The molecule has 4 N–H and O–H groups in total. The van der Waals surface area contributed by atoms with Crippen LogP contribution in [0.4, 0.5) is 0 Å². The van der Waals surface area contributed by atoms with Crippen LogP contribution >= 0.6 is 0 Å². The monoisotopic (exact) mass is 242 g/mol. The lowest BCUT2D eigenvalue weighted by atomic mass is 9.84. The molecule has 1 rings (SSSR count). The van der Waals surface area contributed by atoms with Crippen LogP contribution in [0.15, 0.2) is 0 Å². The van der Waals surface area contributed by atoms with E-state index in [1.165, 1.54) is 0 Å².